The van der Waals surface area contributed by atoms with Crippen LogP contribution in [0.5, 0.6) is 0 Å². The first-order valence-electron chi connectivity index (χ1n) is 9.45. The van der Waals surface area contributed by atoms with Gasteiger partial charge >= 0.3 is 5.97 Å². The van der Waals surface area contributed by atoms with E-state index in [2.05, 4.69) is 5.32 Å². The predicted octanol–water partition coefficient (Wildman–Crippen LogP) is 1.90. The van der Waals surface area contributed by atoms with Crippen molar-refractivity contribution in [3.8, 4) is 0 Å². The van der Waals surface area contributed by atoms with Crippen LogP contribution in [0.25, 0.3) is 0 Å². The van der Waals surface area contributed by atoms with Gasteiger partial charge in [-0.25, -0.2) is 4.79 Å². The molecule has 9 nitrogen and oxygen atoms in total. The molecule has 0 spiro atoms. The number of rotatable bonds is 6. The van der Waals surface area contributed by atoms with Crippen LogP contribution in [0.4, 0.5) is 5.69 Å². The highest BCUT2D eigenvalue weighted by Gasteiger charge is 2.32. The molecule has 1 N–H and O–H groups in total. The Bertz CT molecular complexity index is 797. The second-order valence-electron chi connectivity index (χ2n) is 7.10. The second kappa shape index (κ2) is 8.37. The highest BCUT2D eigenvalue weighted by molar-refractivity contribution is 5.99. The number of likely N-dealkylation sites (tertiary alicyclic amines) is 1. The van der Waals surface area contributed by atoms with Gasteiger partial charge in [-0.15, -0.1) is 0 Å². The van der Waals surface area contributed by atoms with E-state index in [1.165, 1.54) is 6.07 Å². The Morgan fingerprint density at radius 1 is 1.14 bits per heavy atom. The van der Waals surface area contributed by atoms with Gasteiger partial charge in [0, 0.05) is 42.7 Å². The van der Waals surface area contributed by atoms with Crippen molar-refractivity contribution in [1.29, 1.82) is 0 Å². The van der Waals surface area contributed by atoms with Crippen LogP contribution in [0.3, 0.4) is 0 Å². The number of ether oxygens (including phenoxy) is 1. The van der Waals surface area contributed by atoms with Crippen LogP contribution in [0.1, 0.15) is 53.3 Å². The van der Waals surface area contributed by atoms with Crippen LogP contribution in [-0.4, -0.2) is 53.3 Å². The van der Waals surface area contributed by atoms with Crippen LogP contribution in [-0.2, 0) is 9.53 Å². The third kappa shape index (κ3) is 4.65. The summed E-state index contributed by atoms with van der Waals surface area (Å²) in [7, 11) is 0. The van der Waals surface area contributed by atoms with E-state index in [-0.39, 0.29) is 35.2 Å². The Kier molecular flexibility index (Phi) is 5.91. The van der Waals surface area contributed by atoms with Crippen molar-refractivity contribution < 1.29 is 24.0 Å². The zero-order chi connectivity index (χ0) is 20.3. The van der Waals surface area contributed by atoms with Crippen molar-refractivity contribution in [2.75, 3.05) is 19.7 Å². The number of piperidine rings is 1. The van der Waals surface area contributed by atoms with Gasteiger partial charge < -0.3 is 15.0 Å². The molecule has 0 atom stereocenters. The molecule has 2 amide bonds. The van der Waals surface area contributed by atoms with Crippen molar-refractivity contribution in [1.82, 2.24) is 10.2 Å². The zero-order valence-electron chi connectivity index (χ0n) is 15.7. The molecule has 2 fully saturated rings. The maximum atomic E-state index is 12.8. The third-order valence-electron chi connectivity index (χ3n) is 4.96. The molecule has 0 radical (unpaired) electrons. The predicted molar refractivity (Wildman–Crippen MR) is 98.8 cm³/mol. The minimum atomic E-state index is -0.712. The van der Waals surface area contributed by atoms with E-state index >= 15 is 0 Å². The molecule has 2 aliphatic rings. The van der Waals surface area contributed by atoms with Gasteiger partial charge in [-0.2, -0.15) is 0 Å². The number of nitrogens with one attached hydrogen (secondary N) is 1. The fourth-order valence-corrected chi connectivity index (χ4v) is 3.25. The molecule has 1 aromatic rings. The number of hydrogen-bond acceptors (Lipinski definition) is 6. The van der Waals surface area contributed by atoms with Crippen LogP contribution >= 0.6 is 0 Å². The molecule has 9 heteroatoms. The van der Waals surface area contributed by atoms with Gasteiger partial charge in [0.1, 0.15) is 0 Å². The maximum absolute atomic E-state index is 12.8. The second-order valence-corrected chi connectivity index (χ2v) is 7.10. The van der Waals surface area contributed by atoms with Gasteiger partial charge in [0.25, 0.3) is 11.6 Å². The number of nitro groups is 1. The summed E-state index contributed by atoms with van der Waals surface area (Å²) in [6.45, 7) is 2.53. The summed E-state index contributed by atoms with van der Waals surface area (Å²) in [5, 5.41) is 14.2. The van der Waals surface area contributed by atoms with Crippen LogP contribution < -0.4 is 5.32 Å². The average molecular weight is 389 g/mol. The van der Waals surface area contributed by atoms with Crippen molar-refractivity contribution in [2.24, 2.45) is 5.92 Å². The molecule has 28 heavy (non-hydrogen) atoms. The molecule has 1 saturated carbocycles. The molecule has 150 valence electrons. The molecule has 0 bridgehead atoms. The minimum absolute atomic E-state index is 0.0295. The summed E-state index contributed by atoms with van der Waals surface area (Å²) >= 11 is 0. The van der Waals surface area contributed by atoms with Crippen LogP contribution in [0, 0.1) is 16.0 Å². The van der Waals surface area contributed by atoms with Crippen molar-refractivity contribution >= 4 is 23.5 Å². The van der Waals surface area contributed by atoms with Gasteiger partial charge in [-0.3, -0.25) is 19.7 Å². The number of benzene rings is 1. The molecule has 1 aliphatic heterocycles. The zero-order valence-corrected chi connectivity index (χ0v) is 15.7. The lowest BCUT2D eigenvalue weighted by Crippen LogP contribution is -2.43. The largest absolute Gasteiger partial charge is 0.462 e. The van der Waals surface area contributed by atoms with Crippen molar-refractivity contribution in [3.63, 3.8) is 0 Å². The molecule has 3 rings (SSSR count). The summed E-state index contributed by atoms with van der Waals surface area (Å²) in [5.74, 6) is -1.19. The molecule has 1 aliphatic carbocycles. The van der Waals surface area contributed by atoms with E-state index in [1.807, 2.05) is 0 Å². The number of amides is 2. The highest BCUT2D eigenvalue weighted by Crippen LogP contribution is 2.25. The van der Waals surface area contributed by atoms with E-state index in [0.717, 1.165) is 25.0 Å². The molecular formula is C19H23N3O6. The summed E-state index contributed by atoms with van der Waals surface area (Å²) in [6.07, 6.45) is 3.14. The Morgan fingerprint density at radius 3 is 2.36 bits per heavy atom. The normalized spacial score (nSPS) is 17.1. The number of nitrogens with zero attached hydrogens (tertiary/aromatic N) is 2. The third-order valence-corrected chi connectivity index (χ3v) is 4.96. The minimum Gasteiger partial charge on any atom is -0.462 e. The van der Waals surface area contributed by atoms with E-state index in [1.54, 1.807) is 11.8 Å². The van der Waals surface area contributed by atoms with Crippen LogP contribution in [0.2, 0.25) is 0 Å². The molecule has 0 unspecified atom stereocenters. The highest BCUT2D eigenvalue weighted by atomic mass is 16.6. The average Bonchev–Trinajstić information content (AvgIpc) is 3.51. The number of esters is 1. The van der Waals surface area contributed by atoms with Gasteiger partial charge in [0.05, 0.1) is 17.1 Å². The monoisotopic (exact) mass is 389 g/mol. The van der Waals surface area contributed by atoms with E-state index in [4.69, 9.17) is 4.74 Å². The first kappa shape index (κ1) is 19.8. The lowest BCUT2D eigenvalue weighted by molar-refractivity contribution is -0.384. The number of carbonyl (C=O) groups excluding carboxylic acids is 3. The standard InChI is InChI=1S/C19H23N3O6/c1-2-28-19(25)14-9-13(10-16(11-14)22(26)27)18(24)21-7-5-12(6-8-21)17(23)20-15-3-4-15/h9-12,15H,2-8H2,1H3,(H,20,23). The SMILES string of the molecule is CCOC(=O)c1cc(C(=O)N2CCC(C(=O)NC3CC3)CC2)cc([N+](=O)[O-])c1. The summed E-state index contributed by atoms with van der Waals surface area (Å²) in [6, 6.07) is 3.89. The summed E-state index contributed by atoms with van der Waals surface area (Å²) < 4.78 is 4.89. The smallest absolute Gasteiger partial charge is 0.338 e. The summed E-state index contributed by atoms with van der Waals surface area (Å²) in [4.78, 5) is 49.0. The lowest BCUT2D eigenvalue weighted by Gasteiger charge is -2.31. The van der Waals surface area contributed by atoms with Gasteiger partial charge in [-0.1, -0.05) is 0 Å². The fraction of sp³-hybridized carbons (Fsp3) is 0.526. The van der Waals surface area contributed by atoms with Gasteiger partial charge in [0.15, 0.2) is 0 Å². The first-order valence-corrected chi connectivity index (χ1v) is 9.45. The number of carbonyl (C=O) groups is 3. The Morgan fingerprint density at radius 2 is 1.79 bits per heavy atom. The fourth-order valence-electron chi connectivity index (χ4n) is 3.25. The molecule has 0 aromatic heterocycles. The maximum Gasteiger partial charge on any atom is 0.338 e. The van der Waals surface area contributed by atoms with E-state index < -0.39 is 16.8 Å². The Labute approximate surface area is 162 Å². The van der Waals surface area contributed by atoms with Gasteiger partial charge in [-0.05, 0) is 38.7 Å². The quantitative estimate of drug-likeness (QED) is 0.451. The lowest BCUT2D eigenvalue weighted by atomic mass is 9.95. The van der Waals surface area contributed by atoms with E-state index in [9.17, 15) is 24.5 Å². The molecular weight excluding hydrogens is 366 g/mol. The number of hydrogen-bond donors (Lipinski definition) is 1. The molecule has 1 heterocycles. The van der Waals surface area contributed by atoms with Crippen molar-refractivity contribution in [2.45, 2.75) is 38.6 Å². The van der Waals surface area contributed by atoms with E-state index in [0.29, 0.717) is 32.0 Å². The molecule has 1 saturated heterocycles. The Hall–Kier alpha value is -2.97. The summed E-state index contributed by atoms with van der Waals surface area (Å²) in [5.41, 5.74) is -0.302. The number of nitro benzene ring substituents is 1. The van der Waals surface area contributed by atoms with Gasteiger partial charge in [0.2, 0.25) is 5.91 Å². The number of non-ortho nitro benzene ring substituents is 1. The Balaban J connectivity index is 1.70. The molecule has 1 aromatic carbocycles. The van der Waals surface area contributed by atoms with Crippen molar-refractivity contribution in [3.05, 3.63) is 39.4 Å². The first-order chi connectivity index (χ1) is 13.4. The topological polar surface area (TPSA) is 119 Å². The van der Waals surface area contributed by atoms with Crippen LogP contribution in [0.15, 0.2) is 18.2 Å².